The number of halogens is 2. The predicted octanol–water partition coefficient (Wildman–Crippen LogP) is 6.79. The van der Waals surface area contributed by atoms with Gasteiger partial charge >= 0.3 is 0 Å². The molecule has 0 bridgehead atoms. The molecule has 6 heteroatoms. The number of carbonyl (C=O) groups excluding carboxylic acids is 1. The fourth-order valence-corrected chi connectivity index (χ4v) is 4.44. The molecule has 2 aromatic carbocycles. The molecule has 0 aliphatic carbocycles. The number of nitrogens with zero attached hydrogens (tertiary/aromatic N) is 1. The summed E-state index contributed by atoms with van der Waals surface area (Å²) in [5.41, 5.74) is 2.33. The van der Waals surface area contributed by atoms with Crippen molar-refractivity contribution in [1.29, 1.82) is 0 Å². The Morgan fingerprint density at radius 2 is 1.85 bits per heavy atom. The summed E-state index contributed by atoms with van der Waals surface area (Å²) < 4.78 is 3.29. The largest absolute Gasteiger partial charge is 0.322 e. The average Bonchev–Trinajstić information content (AvgIpc) is 2.59. The van der Waals surface area contributed by atoms with Crippen molar-refractivity contribution in [3.05, 3.63) is 57.0 Å². The van der Waals surface area contributed by atoms with Crippen molar-refractivity contribution >= 4 is 51.1 Å². The highest BCUT2D eigenvalue weighted by Gasteiger charge is 2.13. The van der Waals surface area contributed by atoms with Crippen molar-refractivity contribution < 1.29 is 4.79 Å². The van der Waals surface area contributed by atoms with Gasteiger partial charge in [0.15, 0.2) is 0 Å². The fourth-order valence-electron chi connectivity index (χ4n) is 2.52. The summed E-state index contributed by atoms with van der Waals surface area (Å²) in [6.07, 6.45) is 2.23. The standard InChI is InChI=1S/C20H24BrClN2OS/c1-4-10-24(11-5-2)26-19-9-6-15(13-17(19)21)20(25)23-18-8-7-16(22)12-14(18)3/h6-9,12-13H,4-5,10-11H2,1-3H3,(H,23,25). The number of carbonyl (C=O) groups is 1. The number of nitrogens with one attached hydrogen (secondary N) is 1. The van der Waals surface area contributed by atoms with E-state index >= 15 is 0 Å². The Morgan fingerprint density at radius 3 is 2.42 bits per heavy atom. The quantitative estimate of drug-likeness (QED) is 0.445. The van der Waals surface area contributed by atoms with Crippen LogP contribution in [0.4, 0.5) is 5.69 Å². The summed E-state index contributed by atoms with van der Waals surface area (Å²) in [6.45, 7) is 8.38. The molecule has 0 aliphatic heterocycles. The van der Waals surface area contributed by atoms with Crippen molar-refractivity contribution in [1.82, 2.24) is 4.31 Å². The average molecular weight is 456 g/mol. The van der Waals surface area contributed by atoms with E-state index in [1.807, 2.05) is 37.3 Å². The molecule has 2 rings (SSSR count). The van der Waals surface area contributed by atoms with Gasteiger partial charge in [-0.05, 0) is 89.6 Å². The second-order valence-corrected chi connectivity index (χ2v) is 8.51. The van der Waals surface area contributed by atoms with Crippen LogP contribution in [0.2, 0.25) is 5.02 Å². The number of rotatable bonds is 8. The maximum absolute atomic E-state index is 12.6. The van der Waals surface area contributed by atoms with Crippen LogP contribution in [0.3, 0.4) is 0 Å². The monoisotopic (exact) mass is 454 g/mol. The Labute approximate surface area is 173 Å². The molecular formula is C20H24BrClN2OS. The molecular weight excluding hydrogens is 432 g/mol. The van der Waals surface area contributed by atoms with Crippen LogP contribution in [0.5, 0.6) is 0 Å². The Morgan fingerprint density at radius 1 is 1.15 bits per heavy atom. The van der Waals surface area contributed by atoms with Crippen LogP contribution >= 0.6 is 39.5 Å². The zero-order valence-electron chi connectivity index (χ0n) is 15.3. The number of hydrogen-bond acceptors (Lipinski definition) is 3. The number of amides is 1. The van der Waals surface area contributed by atoms with Crippen molar-refractivity contribution in [3.8, 4) is 0 Å². The van der Waals surface area contributed by atoms with Gasteiger partial charge in [0.25, 0.3) is 5.91 Å². The first kappa shape index (κ1) is 21.3. The van der Waals surface area contributed by atoms with E-state index in [1.165, 1.54) is 0 Å². The molecule has 0 fully saturated rings. The van der Waals surface area contributed by atoms with Gasteiger partial charge in [-0.3, -0.25) is 4.79 Å². The van der Waals surface area contributed by atoms with E-state index in [-0.39, 0.29) is 5.91 Å². The molecule has 0 saturated heterocycles. The van der Waals surface area contributed by atoms with E-state index in [4.69, 9.17) is 11.6 Å². The molecule has 0 aliphatic rings. The molecule has 0 saturated carbocycles. The highest BCUT2D eigenvalue weighted by atomic mass is 79.9. The van der Waals surface area contributed by atoms with Crippen molar-refractivity contribution in [3.63, 3.8) is 0 Å². The van der Waals surface area contributed by atoms with Gasteiger partial charge in [-0.15, -0.1) is 0 Å². The van der Waals surface area contributed by atoms with Gasteiger partial charge < -0.3 is 5.32 Å². The topological polar surface area (TPSA) is 32.3 Å². The summed E-state index contributed by atoms with van der Waals surface area (Å²) in [4.78, 5) is 13.7. The van der Waals surface area contributed by atoms with Crippen LogP contribution in [-0.2, 0) is 0 Å². The molecule has 1 N–H and O–H groups in total. The molecule has 0 atom stereocenters. The van der Waals surface area contributed by atoms with Crippen molar-refractivity contribution in [2.24, 2.45) is 0 Å². The van der Waals surface area contributed by atoms with Gasteiger partial charge in [-0.25, -0.2) is 4.31 Å². The predicted molar refractivity (Wildman–Crippen MR) is 116 cm³/mol. The number of benzene rings is 2. The molecule has 140 valence electrons. The first-order valence-corrected chi connectivity index (χ1v) is 10.7. The van der Waals surface area contributed by atoms with Crippen LogP contribution in [0.1, 0.15) is 42.6 Å². The lowest BCUT2D eigenvalue weighted by molar-refractivity contribution is 0.102. The second kappa shape index (κ2) is 10.4. The minimum absolute atomic E-state index is 0.133. The maximum Gasteiger partial charge on any atom is 0.255 e. The normalized spacial score (nSPS) is 11.0. The number of aryl methyl sites for hydroxylation is 1. The molecule has 0 spiro atoms. The summed E-state index contributed by atoms with van der Waals surface area (Å²) in [5, 5.41) is 3.61. The Hall–Kier alpha value is -1.01. The lowest BCUT2D eigenvalue weighted by Crippen LogP contribution is -2.17. The SMILES string of the molecule is CCCN(CCC)Sc1ccc(C(=O)Nc2ccc(Cl)cc2C)cc1Br. The molecule has 3 nitrogen and oxygen atoms in total. The van der Waals surface area contributed by atoms with Gasteiger partial charge in [0.05, 0.1) is 0 Å². The molecule has 1 amide bonds. The molecule has 2 aromatic rings. The van der Waals surface area contributed by atoms with E-state index in [2.05, 4.69) is 39.4 Å². The highest BCUT2D eigenvalue weighted by molar-refractivity contribution is 9.10. The van der Waals surface area contributed by atoms with Gasteiger partial charge in [0, 0.05) is 38.7 Å². The minimum Gasteiger partial charge on any atom is -0.322 e. The maximum atomic E-state index is 12.6. The van der Waals surface area contributed by atoms with Gasteiger partial charge in [0.2, 0.25) is 0 Å². The smallest absolute Gasteiger partial charge is 0.255 e. The molecule has 0 unspecified atom stereocenters. The first-order chi connectivity index (χ1) is 12.4. The molecule has 26 heavy (non-hydrogen) atoms. The third-order valence-electron chi connectivity index (χ3n) is 3.80. The molecule has 0 radical (unpaired) electrons. The number of hydrogen-bond donors (Lipinski definition) is 1. The lowest BCUT2D eigenvalue weighted by atomic mass is 10.1. The molecule has 0 heterocycles. The minimum atomic E-state index is -0.133. The Bertz CT molecular complexity index is 763. The van der Waals surface area contributed by atoms with Crippen LogP contribution in [-0.4, -0.2) is 23.3 Å². The zero-order valence-corrected chi connectivity index (χ0v) is 18.5. The van der Waals surface area contributed by atoms with Crippen LogP contribution < -0.4 is 5.32 Å². The van der Waals surface area contributed by atoms with E-state index in [1.54, 1.807) is 18.0 Å². The fraction of sp³-hybridized carbons (Fsp3) is 0.350. The van der Waals surface area contributed by atoms with Crippen molar-refractivity contribution in [2.45, 2.75) is 38.5 Å². The Kier molecular flexibility index (Phi) is 8.48. The third kappa shape index (κ3) is 6.02. The van der Waals surface area contributed by atoms with E-state index in [0.717, 1.165) is 46.6 Å². The van der Waals surface area contributed by atoms with E-state index in [0.29, 0.717) is 10.6 Å². The van der Waals surface area contributed by atoms with Gasteiger partial charge in [-0.2, -0.15) is 0 Å². The van der Waals surface area contributed by atoms with Crippen LogP contribution in [0.25, 0.3) is 0 Å². The summed E-state index contributed by atoms with van der Waals surface area (Å²) >= 11 is 11.3. The third-order valence-corrected chi connectivity index (χ3v) is 6.13. The first-order valence-electron chi connectivity index (χ1n) is 8.74. The van der Waals surface area contributed by atoms with Gasteiger partial charge in [-0.1, -0.05) is 25.4 Å². The van der Waals surface area contributed by atoms with Crippen LogP contribution in [0.15, 0.2) is 45.8 Å². The highest BCUT2D eigenvalue weighted by Crippen LogP contribution is 2.31. The van der Waals surface area contributed by atoms with Crippen molar-refractivity contribution in [2.75, 3.05) is 18.4 Å². The van der Waals surface area contributed by atoms with Crippen LogP contribution in [0, 0.1) is 6.92 Å². The zero-order chi connectivity index (χ0) is 19.1. The van der Waals surface area contributed by atoms with E-state index < -0.39 is 0 Å². The number of anilines is 1. The summed E-state index contributed by atoms with van der Waals surface area (Å²) in [5.74, 6) is -0.133. The lowest BCUT2D eigenvalue weighted by Gasteiger charge is -2.20. The Balaban J connectivity index is 2.11. The van der Waals surface area contributed by atoms with E-state index in [9.17, 15) is 4.79 Å². The summed E-state index contributed by atoms with van der Waals surface area (Å²) in [7, 11) is 0. The van der Waals surface area contributed by atoms with Gasteiger partial charge in [0.1, 0.15) is 0 Å². The molecule has 0 aromatic heterocycles. The second-order valence-electron chi connectivity index (χ2n) is 6.08. The summed E-state index contributed by atoms with van der Waals surface area (Å²) in [6, 6.07) is 11.2.